The zero-order valence-electron chi connectivity index (χ0n) is 10.5. The quantitative estimate of drug-likeness (QED) is 0.291. The normalized spacial score (nSPS) is 11.6. The zero-order valence-corrected chi connectivity index (χ0v) is 11.3. The third kappa shape index (κ3) is 3.00. The molecule has 7 heteroatoms. The van der Waals surface area contributed by atoms with E-state index in [1.54, 1.807) is 12.3 Å². The highest BCUT2D eigenvalue weighted by Crippen LogP contribution is 2.29. The van der Waals surface area contributed by atoms with E-state index in [4.69, 9.17) is 10.9 Å². The van der Waals surface area contributed by atoms with E-state index in [0.717, 1.165) is 16.3 Å². The number of nitrogens with two attached hydrogens (primary N) is 1. The lowest BCUT2D eigenvalue weighted by atomic mass is 10.1. The number of hydrogen-bond donors (Lipinski definition) is 2. The third-order valence-corrected chi connectivity index (χ3v) is 3.37. The molecule has 0 radical (unpaired) electrons. The van der Waals surface area contributed by atoms with Crippen LogP contribution in [0.5, 0.6) is 0 Å². The maximum atomic E-state index is 8.87. The van der Waals surface area contributed by atoms with Crippen LogP contribution in [-0.2, 0) is 0 Å². The summed E-state index contributed by atoms with van der Waals surface area (Å²) in [5, 5.41) is 13.3. The Hall–Kier alpha value is -2.15. The van der Waals surface area contributed by atoms with Gasteiger partial charge in [0.25, 0.3) is 0 Å². The van der Waals surface area contributed by atoms with Gasteiger partial charge in [-0.3, -0.25) is 0 Å². The average molecular weight is 275 g/mol. The van der Waals surface area contributed by atoms with Gasteiger partial charge >= 0.3 is 0 Å². The first kappa shape index (κ1) is 13.3. The van der Waals surface area contributed by atoms with E-state index in [2.05, 4.69) is 20.1 Å². The Morgan fingerprint density at radius 2 is 2.21 bits per heavy atom. The topological polar surface area (TPSA) is 97.3 Å². The summed E-state index contributed by atoms with van der Waals surface area (Å²) >= 11 is 1.35. The van der Waals surface area contributed by atoms with Crippen molar-refractivity contribution in [3.05, 3.63) is 41.5 Å². The monoisotopic (exact) mass is 275 g/mol. The Morgan fingerprint density at radius 1 is 1.42 bits per heavy atom. The van der Waals surface area contributed by atoms with Crippen molar-refractivity contribution in [3.8, 4) is 0 Å². The molecule has 0 aromatic carbocycles. The van der Waals surface area contributed by atoms with E-state index < -0.39 is 0 Å². The molecule has 0 amide bonds. The van der Waals surface area contributed by atoms with Crippen molar-refractivity contribution >= 4 is 17.6 Å². The Labute approximate surface area is 114 Å². The van der Waals surface area contributed by atoms with Crippen molar-refractivity contribution in [1.82, 2.24) is 15.0 Å². The molecule has 0 saturated heterocycles. The molecule has 0 saturated carbocycles. The SMILES string of the molecule is Cc1cc(C)c(C(N)=NO)c(Sc2ccncn2)n1. The lowest BCUT2D eigenvalue weighted by Gasteiger charge is -2.10. The zero-order chi connectivity index (χ0) is 13.8. The summed E-state index contributed by atoms with van der Waals surface area (Å²) in [6.45, 7) is 3.79. The summed E-state index contributed by atoms with van der Waals surface area (Å²) in [6, 6.07) is 3.66. The molecule has 0 aliphatic carbocycles. The molecular weight excluding hydrogens is 262 g/mol. The van der Waals surface area contributed by atoms with Crippen LogP contribution >= 0.6 is 11.8 Å². The van der Waals surface area contributed by atoms with Crippen LogP contribution in [0.15, 0.2) is 39.9 Å². The molecule has 6 nitrogen and oxygen atoms in total. The number of nitrogens with zero attached hydrogens (tertiary/aromatic N) is 4. The van der Waals surface area contributed by atoms with Gasteiger partial charge in [0.05, 0.1) is 5.56 Å². The van der Waals surface area contributed by atoms with E-state index in [1.165, 1.54) is 18.1 Å². The summed E-state index contributed by atoms with van der Waals surface area (Å²) in [7, 11) is 0. The van der Waals surface area contributed by atoms with Crippen LogP contribution in [0, 0.1) is 13.8 Å². The minimum absolute atomic E-state index is 0.0431. The van der Waals surface area contributed by atoms with E-state index in [0.29, 0.717) is 10.6 Å². The Kier molecular flexibility index (Phi) is 3.96. The summed E-state index contributed by atoms with van der Waals surface area (Å²) in [5.41, 5.74) is 8.10. The van der Waals surface area contributed by atoms with Crippen LogP contribution in [0.2, 0.25) is 0 Å². The standard InChI is InChI=1S/C12H13N5OS/c1-7-5-8(2)16-12(10(7)11(13)17-18)19-9-3-4-14-6-15-9/h3-6,18H,1-2H3,(H2,13,17). The molecule has 0 fully saturated rings. The number of rotatable bonds is 3. The predicted molar refractivity (Wildman–Crippen MR) is 72.4 cm³/mol. The molecule has 3 N–H and O–H groups in total. The maximum Gasteiger partial charge on any atom is 0.173 e. The predicted octanol–water partition coefficient (Wildman–Crippen LogP) is 1.73. The molecular formula is C12H13N5OS. The van der Waals surface area contributed by atoms with Gasteiger partial charge in [0.15, 0.2) is 5.84 Å². The number of pyridine rings is 1. The minimum Gasteiger partial charge on any atom is -0.409 e. The Morgan fingerprint density at radius 3 is 2.84 bits per heavy atom. The first-order valence-electron chi connectivity index (χ1n) is 5.52. The van der Waals surface area contributed by atoms with Gasteiger partial charge in [0, 0.05) is 11.9 Å². The maximum absolute atomic E-state index is 8.87. The molecule has 98 valence electrons. The molecule has 2 aromatic heterocycles. The van der Waals surface area contributed by atoms with E-state index in [1.807, 2.05) is 19.9 Å². The van der Waals surface area contributed by atoms with Gasteiger partial charge in [-0.2, -0.15) is 0 Å². The van der Waals surface area contributed by atoms with Gasteiger partial charge in [0.1, 0.15) is 16.4 Å². The fourth-order valence-corrected chi connectivity index (χ4v) is 2.66. The molecule has 2 aromatic rings. The van der Waals surface area contributed by atoms with Crippen LogP contribution in [0.3, 0.4) is 0 Å². The number of amidine groups is 1. The van der Waals surface area contributed by atoms with Gasteiger partial charge in [-0.1, -0.05) is 5.16 Å². The van der Waals surface area contributed by atoms with Crippen molar-refractivity contribution in [1.29, 1.82) is 0 Å². The second-order valence-corrected chi connectivity index (χ2v) is 4.90. The fraction of sp³-hybridized carbons (Fsp3) is 0.167. The van der Waals surface area contributed by atoms with Gasteiger partial charge in [-0.25, -0.2) is 15.0 Å². The molecule has 0 spiro atoms. The molecule has 0 aliphatic rings. The Bertz CT molecular complexity index is 615. The lowest BCUT2D eigenvalue weighted by Crippen LogP contribution is -2.17. The fourth-order valence-electron chi connectivity index (χ4n) is 1.68. The smallest absolute Gasteiger partial charge is 0.173 e. The van der Waals surface area contributed by atoms with E-state index >= 15 is 0 Å². The minimum atomic E-state index is 0.0431. The van der Waals surface area contributed by atoms with Crippen LogP contribution < -0.4 is 5.73 Å². The number of aromatic nitrogens is 3. The van der Waals surface area contributed by atoms with Crippen LogP contribution in [0.25, 0.3) is 0 Å². The summed E-state index contributed by atoms with van der Waals surface area (Å²) < 4.78 is 0. The second kappa shape index (κ2) is 5.66. The van der Waals surface area contributed by atoms with Gasteiger partial charge in [-0.15, -0.1) is 0 Å². The highest BCUT2D eigenvalue weighted by molar-refractivity contribution is 7.99. The Balaban J connectivity index is 2.49. The molecule has 0 bridgehead atoms. The molecule has 0 aliphatic heterocycles. The van der Waals surface area contributed by atoms with Gasteiger partial charge < -0.3 is 10.9 Å². The molecule has 19 heavy (non-hydrogen) atoms. The summed E-state index contributed by atoms with van der Waals surface area (Å²) in [5.74, 6) is 0.0431. The molecule has 2 rings (SSSR count). The summed E-state index contributed by atoms with van der Waals surface area (Å²) in [4.78, 5) is 12.4. The van der Waals surface area contributed by atoms with Crippen molar-refractivity contribution < 1.29 is 5.21 Å². The lowest BCUT2D eigenvalue weighted by molar-refractivity contribution is 0.318. The largest absolute Gasteiger partial charge is 0.409 e. The second-order valence-electron chi connectivity index (χ2n) is 3.90. The first-order valence-corrected chi connectivity index (χ1v) is 6.33. The van der Waals surface area contributed by atoms with E-state index in [9.17, 15) is 0 Å². The van der Waals surface area contributed by atoms with Gasteiger partial charge in [-0.05, 0) is 43.3 Å². The number of oxime groups is 1. The first-order chi connectivity index (χ1) is 9.11. The summed E-state index contributed by atoms with van der Waals surface area (Å²) in [6.07, 6.45) is 3.12. The van der Waals surface area contributed by atoms with Crippen molar-refractivity contribution in [2.75, 3.05) is 0 Å². The molecule has 0 unspecified atom stereocenters. The van der Waals surface area contributed by atoms with Gasteiger partial charge in [0.2, 0.25) is 0 Å². The highest BCUT2D eigenvalue weighted by atomic mass is 32.2. The molecule has 0 atom stereocenters. The van der Waals surface area contributed by atoms with Crippen LogP contribution in [0.1, 0.15) is 16.8 Å². The van der Waals surface area contributed by atoms with Crippen molar-refractivity contribution in [2.45, 2.75) is 23.9 Å². The van der Waals surface area contributed by atoms with Crippen LogP contribution in [0.4, 0.5) is 0 Å². The highest BCUT2D eigenvalue weighted by Gasteiger charge is 2.14. The van der Waals surface area contributed by atoms with Crippen molar-refractivity contribution in [3.63, 3.8) is 0 Å². The van der Waals surface area contributed by atoms with Crippen LogP contribution in [-0.4, -0.2) is 26.0 Å². The third-order valence-electron chi connectivity index (χ3n) is 2.43. The number of hydrogen-bond acceptors (Lipinski definition) is 6. The van der Waals surface area contributed by atoms with Crippen molar-refractivity contribution in [2.24, 2.45) is 10.9 Å². The average Bonchev–Trinajstić information content (AvgIpc) is 2.38. The van der Waals surface area contributed by atoms with E-state index in [-0.39, 0.29) is 5.84 Å². The molecule has 2 heterocycles. The number of aryl methyl sites for hydroxylation is 2.